The van der Waals surface area contributed by atoms with E-state index in [2.05, 4.69) is 28.9 Å². The van der Waals surface area contributed by atoms with Crippen LogP contribution in [0.5, 0.6) is 0 Å². The van der Waals surface area contributed by atoms with Gasteiger partial charge in [-0.25, -0.2) is 4.79 Å². The Bertz CT molecular complexity index is 625. The van der Waals surface area contributed by atoms with Gasteiger partial charge in [0.15, 0.2) is 0 Å². The Morgan fingerprint density at radius 1 is 1.44 bits per heavy atom. The van der Waals surface area contributed by atoms with Gasteiger partial charge >= 0.3 is 5.69 Å². The fourth-order valence-corrected chi connectivity index (χ4v) is 3.01. The zero-order valence-corrected chi connectivity index (χ0v) is 10.9. The number of aromatic nitrogens is 2. The maximum Gasteiger partial charge on any atom is 0.327 e. The van der Waals surface area contributed by atoms with Crippen LogP contribution in [0.2, 0.25) is 0 Å². The minimum Gasteiger partial charge on any atom is -0.305 e. The van der Waals surface area contributed by atoms with E-state index in [0.717, 1.165) is 30.5 Å². The predicted molar refractivity (Wildman–Crippen MR) is 72.8 cm³/mol. The Kier molecular flexibility index (Phi) is 2.74. The second kappa shape index (κ2) is 4.28. The smallest absolute Gasteiger partial charge is 0.305 e. The van der Waals surface area contributed by atoms with E-state index in [9.17, 15) is 4.79 Å². The number of benzene rings is 1. The second-order valence-corrected chi connectivity index (χ2v) is 5.07. The molecule has 4 heteroatoms. The molecule has 2 aromatic rings. The molecule has 1 aliphatic rings. The molecule has 0 bridgehead atoms. The number of H-pyrrole nitrogens is 1. The Morgan fingerprint density at radius 2 is 2.28 bits per heavy atom. The monoisotopic (exact) mass is 245 g/mol. The van der Waals surface area contributed by atoms with E-state index >= 15 is 0 Å². The summed E-state index contributed by atoms with van der Waals surface area (Å²) in [5.41, 5.74) is 3.16. The number of hydrogen-bond donors (Lipinski definition) is 1. The van der Waals surface area contributed by atoms with E-state index in [1.165, 1.54) is 12.0 Å². The third-order valence-electron chi connectivity index (χ3n) is 3.91. The summed E-state index contributed by atoms with van der Waals surface area (Å²) in [6.07, 6.45) is 2.46. The van der Waals surface area contributed by atoms with Gasteiger partial charge in [0.25, 0.3) is 0 Å². The molecule has 1 unspecified atom stereocenters. The van der Waals surface area contributed by atoms with Gasteiger partial charge in [-0.05, 0) is 44.0 Å². The molecule has 1 N–H and O–H groups in total. The lowest BCUT2D eigenvalue weighted by atomic mass is 10.2. The van der Waals surface area contributed by atoms with Crippen molar-refractivity contribution >= 4 is 11.0 Å². The number of nitrogens with zero attached hydrogens (tertiary/aromatic N) is 2. The normalized spacial score (nSPS) is 20.9. The molecule has 96 valence electrons. The number of hydrogen-bond acceptors (Lipinski definition) is 2. The molecule has 0 radical (unpaired) electrons. The lowest BCUT2D eigenvalue weighted by Gasteiger charge is -2.23. The standard InChI is InChI=1S/C14H19N3O/c1-3-16-8-4-5-13(16)17-12-7-6-10(2)9-11(12)15-14(17)18/h6-7,9,13H,3-5,8H2,1-2H3,(H,15,18). The van der Waals surface area contributed by atoms with E-state index in [4.69, 9.17) is 0 Å². The molecule has 0 spiro atoms. The largest absolute Gasteiger partial charge is 0.327 e. The summed E-state index contributed by atoms with van der Waals surface area (Å²) >= 11 is 0. The lowest BCUT2D eigenvalue weighted by molar-refractivity contribution is 0.204. The number of imidazole rings is 1. The van der Waals surface area contributed by atoms with E-state index < -0.39 is 0 Å². The summed E-state index contributed by atoms with van der Waals surface area (Å²) in [6, 6.07) is 6.16. The van der Waals surface area contributed by atoms with Gasteiger partial charge in [0.05, 0.1) is 17.2 Å². The third kappa shape index (κ3) is 1.68. The van der Waals surface area contributed by atoms with Crippen molar-refractivity contribution in [2.45, 2.75) is 32.9 Å². The maximum absolute atomic E-state index is 12.2. The van der Waals surface area contributed by atoms with Crippen LogP contribution >= 0.6 is 0 Å². The van der Waals surface area contributed by atoms with Crippen molar-refractivity contribution in [2.24, 2.45) is 0 Å². The van der Waals surface area contributed by atoms with Crippen LogP contribution in [0.25, 0.3) is 11.0 Å². The molecule has 1 aromatic carbocycles. The minimum absolute atomic E-state index is 0.0148. The molecular weight excluding hydrogens is 226 g/mol. The third-order valence-corrected chi connectivity index (χ3v) is 3.91. The van der Waals surface area contributed by atoms with Crippen LogP contribution in [0.1, 0.15) is 31.5 Å². The van der Waals surface area contributed by atoms with Crippen LogP contribution in [0, 0.1) is 6.92 Å². The average Bonchev–Trinajstić information content (AvgIpc) is 2.90. The second-order valence-electron chi connectivity index (χ2n) is 5.07. The summed E-state index contributed by atoms with van der Waals surface area (Å²) < 4.78 is 1.92. The van der Waals surface area contributed by atoms with Crippen molar-refractivity contribution in [3.05, 3.63) is 34.2 Å². The zero-order chi connectivity index (χ0) is 12.7. The molecule has 1 atom stereocenters. The molecule has 1 aromatic heterocycles. The molecule has 1 fully saturated rings. The summed E-state index contributed by atoms with van der Waals surface area (Å²) in [7, 11) is 0. The highest BCUT2D eigenvalue weighted by Gasteiger charge is 2.27. The summed E-state index contributed by atoms with van der Waals surface area (Å²) in [5.74, 6) is 0. The summed E-state index contributed by atoms with van der Waals surface area (Å²) in [4.78, 5) is 17.5. The molecule has 0 saturated carbocycles. The molecule has 1 saturated heterocycles. The topological polar surface area (TPSA) is 41.0 Å². The van der Waals surface area contributed by atoms with Gasteiger partial charge in [-0.3, -0.25) is 9.47 Å². The Morgan fingerprint density at radius 3 is 3.06 bits per heavy atom. The molecule has 4 nitrogen and oxygen atoms in total. The van der Waals surface area contributed by atoms with Gasteiger partial charge in [-0.15, -0.1) is 0 Å². The molecule has 2 heterocycles. The van der Waals surface area contributed by atoms with Crippen molar-refractivity contribution < 1.29 is 0 Å². The lowest BCUT2D eigenvalue weighted by Crippen LogP contribution is -2.32. The van der Waals surface area contributed by atoms with Crippen LogP contribution in [-0.4, -0.2) is 27.5 Å². The van der Waals surface area contributed by atoms with Crippen molar-refractivity contribution in [3.8, 4) is 0 Å². The number of rotatable bonds is 2. The predicted octanol–water partition coefficient (Wildman–Crippen LogP) is 2.25. The quantitative estimate of drug-likeness (QED) is 0.881. The van der Waals surface area contributed by atoms with Gasteiger partial charge in [0, 0.05) is 6.54 Å². The van der Waals surface area contributed by atoms with E-state index in [1.54, 1.807) is 0 Å². The Hall–Kier alpha value is -1.55. The van der Waals surface area contributed by atoms with Crippen LogP contribution in [0.3, 0.4) is 0 Å². The number of nitrogens with one attached hydrogen (secondary N) is 1. The number of fused-ring (bicyclic) bond motifs is 1. The zero-order valence-electron chi connectivity index (χ0n) is 10.9. The highest BCUT2D eigenvalue weighted by Crippen LogP contribution is 2.28. The van der Waals surface area contributed by atoms with Crippen LogP contribution in [0.15, 0.2) is 23.0 Å². The fourth-order valence-electron chi connectivity index (χ4n) is 3.01. The van der Waals surface area contributed by atoms with Crippen LogP contribution in [0.4, 0.5) is 0 Å². The maximum atomic E-state index is 12.2. The SMILES string of the molecule is CCN1CCCC1n1c(=O)[nH]c2cc(C)ccc21. The van der Waals surface area contributed by atoms with Gasteiger partial charge in [-0.2, -0.15) is 0 Å². The first kappa shape index (κ1) is 11.5. The van der Waals surface area contributed by atoms with Crippen molar-refractivity contribution in [2.75, 3.05) is 13.1 Å². The van der Waals surface area contributed by atoms with Crippen molar-refractivity contribution in [3.63, 3.8) is 0 Å². The van der Waals surface area contributed by atoms with Crippen molar-refractivity contribution in [1.82, 2.24) is 14.5 Å². The van der Waals surface area contributed by atoms with E-state index in [0.29, 0.717) is 0 Å². The fraction of sp³-hybridized carbons (Fsp3) is 0.500. The average molecular weight is 245 g/mol. The van der Waals surface area contributed by atoms with Gasteiger partial charge in [0.2, 0.25) is 0 Å². The molecule has 1 aliphatic heterocycles. The molecular formula is C14H19N3O. The van der Waals surface area contributed by atoms with E-state index in [-0.39, 0.29) is 11.9 Å². The van der Waals surface area contributed by atoms with Crippen molar-refractivity contribution in [1.29, 1.82) is 0 Å². The molecule has 0 aliphatic carbocycles. The molecule has 0 amide bonds. The van der Waals surface area contributed by atoms with Gasteiger partial charge in [-0.1, -0.05) is 13.0 Å². The number of aromatic amines is 1. The Labute approximate surface area is 106 Å². The number of aryl methyl sites for hydroxylation is 1. The molecule has 18 heavy (non-hydrogen) atoms. The summed E-state index contributed by atoms with van der Waals surface area (Å²) in [5, 5.41) is 0. The highest BCUT2D eigenvalue weighted by molar-refractivity contribution is 5.76. The highest BCUT2D eigenvalue weighted by atomic mass is 16.1. The first-order valence-electron chi connectivity index (χ1n) is 6.65. The minimum atomic E-state index is 0.0148. The summed E-state index contributed by atoms with van der Waals surface area (Å²) in [6.45, 7) is 6.28. The van der Waals surface area contributed by atoms with E-state index in [1.807, 2.05) is 17.6 Å². The van der Waals surface area contributed by atoms with Crippen LogP contribution < -0.4 is 5.69 Å². The molecule has 3 rings (SSSR count). The van der Waals surface area contributed by atoms with Gasteiger partial charge in [0.1, 0.15) is 0 Å². The number of likely N-dealkylation sites (tertiary alicyclic amines) is 1. The van der Waals surface area contributed by atoms with Gasteiger partial charge < -0.3 is 4.98 Å². The Balaban J connectivity index is 2.16. The first-order chi connectivity index (χ1) is 8.70. The van der Waals surface area contributed by atoms with Crippen LogP contribution in [-0.2, 0) is 0 Å². The first-order valence-corrected chi connectivity index (χ1v) is 6.65.